The van der Waals surface area contributed by atoms with Crippen LogP contribution in [0.5, 0.6) is 23.0 Å². The zero-order valence-corrected chi connectivity index (χ0v) is 17.6. The minimum absolute atomic E-state index is 0.0251. The fraction of sp³-hybridized carbons (Fsp3) is 0.250. The van der Waals surface area contributed by atoms with Crippen LogP contribution in [0.1, 0.15) is 23.2 Å². The van der Waals surface area contributed by atoms with E-state index in [0.29, 0.717) is 34.6 Å². The Labute approximate surface area is 179 Å². The van der Waals surface area contributed by atoms with Crippen LogP contribution in [0.25, 0.3) is 21.8 Å². The first-order valence-corrected chi connectivity index (χ1v) is 10.2. The van der Waals surface area contributed by atoms with Crippen molar-refractivity contribution in [2.24, 2.45) is 7.05 Å². The number of fused-ring (bicyclic) bond motifs is 2. The SMILES string of the molecule is COc1cc2nccc(Oc3ccc4c(C(=O)NC5CC5)cn(C)c4c3)c2cc1OC. The molecule has 4 aromatic rings. The van der Waals surface area contributed by atoms with Crippen molar-refractivity contribution in [3.63, 3.8) is 0 Å². The van der Waals surface area contributed by atoms with E-state index in [-0.39, 0.29) is 5.91 Å². The van der Waals surface area contributed by atoms with Crippen LogP contribution in [0.4, 0.5) is 0 Å². The summed E-state index contributed by atoms with van der Waals surface area (Å²) in [6, 6.07) is 11.6. The first-order valence-electron chi connectivity index (χ1n) is 10.2. The number of carbonyl (C=O) groups excluding carboxylic acids is 1. The number of rotatable bonds is 6. The lowest BCUT2D eigenvalue weighted by atomic mass is 10.1. The lowest BCUT2D eigenvalue weighted by Crippen LogP contribution is -2.25. The van der Waals surface area contributed by atoms with Gasteiger partial charge in [0.25, 0.3) is 5.91 Å². The van der Waals surface area contributed by atoms with E-state index in [9.17, 15) is 4.79 Å². The maximum Gasteiger partial charge on any atom is 0.253 e. The molecule has 1 amide bonds. The lowest BCUT2D eigenvalue weighted by Gasteiger charge is -2.12. The summed E-state index contributed by atoms with van der Waals surface area (Å²) in [5, 5.41) is 4.78. The summed E-state index contributed by atoms with van der Waals surface area (Å²) in [7, 11) is 5.12. The van der Waals surface area contributed by atoms with E-state index in [1.54, 1.807) is 20.4 Å². The molecular formula is C24H23N3O4. The van der Waals surface area contributed by atoms with E-state index in [1.165, 1.54) is 0 Å². The third-order valence-electron chi connectivity index (χ3n) is 5.55. The molecule has 0 aliphatic heterocycles. The molecule has 0 unspecified atom stereocenters. The van der Waals surface area contributed by atoms with Gasteiger partial charge in [-0.2, -0.15) is 0 Å². The number of methoxy groups -OCH3 is 2. The molecule has 31 heavy (non-hydrogen) atoms. The predicted octanol–water partition coefficient (Wildman–Crippen LogP) is 4.43. The van der Waals surface area contributed by atoms with Gasteiger partial charge in [0, 0.05) is 48.4 Å². The Morgan fingerprint density at radius 1 is 1.03 bits per heavy atom. The number of aromatic nitrogens is 2. The average Bonchev–Trinajstić information content (AvgIpc) is 3.54. The predicted molar refractivity (Wildman–Crippen MR) is 118 cm³/mol. The van der Waals surface area contributed by atoms with E-state index in [0.717, 1.165) is 34.6 Å². The molecule has 2 aromatic heterocycles. The van der Waals surface area contributed by atoms with E-state index >= 15 is 0 Å². The van der Waals surface area contributed by atoms with Gasteiger partial charge in [0.05, 0.1) is 30.8 Å². The van der Waals surface area contributed by atoms with Gasteiger partial charge in [-0.25, -0.2) is 0 Å². The van der Waals surface area contributed by atoms with Gasteiger partial charge in [0.15, 0.2) is 11.5 Å². The number of aryl methyl sites for hydroxylation is 1. The first kappa shape index (κ1) is 19.2. The second kappa shape index (κ2) is 7.50. The molecule has 158 valence electrons. The van der Waals surface area contributed by atoms with Crippen molar-refractivity contribution < 1.29 is 19.0 Å². The van der Waals surface area contributed by atoms with Crippen LogP contribution < -0.4 is 19.5 Å². The number of amides is 1. The third-order valence-corrected chi connectivity index (χ3v) is 5.55. The number of ether oxygens (including phenoxy) is 3. The number of nitrogens with zero attached hydrogens (tertiary/aromatic N) is 2. The minimum atomic E-state index is -0.0251. The van der Waals surface area contributed by atoms with Crippen molar-refractivity contribution in [1.29, 1.82) is 0 Å². The van der Waals surface area contributed by atoms with Crippen LogP contribution >= 0.6 is 0 Å². The monoisotopic (exact) mass is 417 g/mol. The average molecular weight is 417 g/mol. The smallest absolute Gasteiger partial charge is 0.253 e. The standard InChI is InChI=1S/C24H23N3O4/c1-27-13-18(24(28)26-14-4-5-14)16-7-6-15(10-20(16)27)31-21-8-9-25-19-12-23(30-3)22(29-2)11-17(19)21/h6-14H,4-5H2,1-3H3,(H,26,28). The van der Waals surface area contributed by atoms with Crippen molar-refractivity contribution in [3.8, 4) is 23.0 Å². The molecule has 1 N–H and O–H groups in total. The van der Waals surface area contributed by atoms with Crippen LogP contribution in [0, 0.1) is 0 Å². The molecule has 0 spiro atoms. The lowest BCUT2D eigenvalue weighted by molar-refractivity contribution is 0.0952. The summed E-state index contributed by atoms with van der Waals surface area (Å²) in [5.74, 6) is 2.53. The van der Waals surface area contributed by atoms with Crippen LogP contribution in [0.3, 0.4) is 0 Å². The molecule has 2 aromatic carbocycles. The van der Waals surface area contributed by atoms with Gasteiger partial charge in [0.1, 0.15) is 11.5 Å². The highest BCUT2D eigenvalue weighted by Crippen LogP contribution is 2.37. The Morgan fingerprint density at radius 2 is 1.81 bits per heavy atom. The Bertz CT molecular complexity index is 1310. The zero-order valence-electron chi connectivity index (χ0n) is 17.6. The Hall–Kier alpha value is -3.74. The number of benzene rings is 2. The summed E-state index contributed by atoms with van der Waals surface area (Å²) < 4.78 is 19.0. The molecular weight excluding hydrogens is 394 g/mol. The summed E-state index contributed by atoms with van der Waals surface area (Å²) in [4.78, 5) is 17.0. The molecule has 5 rings (SSSR count). The normalized spacial score (nSPS) is 13.4. The second-order valence-corrected chi connectivity index (χ2v) is 7.72. The topological polar surface area (TPSA) is 74.6 Å². The molecule has 0 bridgehead atoms. The minimum Gasteiger partial charge on any atom is -0.493 e. The third kappa shape index (κ3) is 3.52. The van der Waals surface area contributed by atoms with Gasteiger partial charge in [-0.15, -0.1) is 0 Å². The van der Waals surface area contributed by atoms with E-state index in [1.807, 2.05) is 54.2 Å². The molecule has 0 radical (unpaired) electrons. The number of nitrogens with one attached hydrogen (secondary N) is 1. The van der Waals surface area contributed by atoms with Gasteiger partial charge < -0.3 is 24.1 Å². The molecule has 1 aliphatic rings. The summed E-state index contributed by atoms with van der Waals surface area (Å²) >= 11 is 0. The number of carbonyl (C=O) groups is 1. The van der Waals surface area contributed by atoms with Crippen LogP contribution in [0.2, 0.25) is 0 Å². The summed E-state index contributed by atoms with van der Waals surface area (Å²) in [6.45, 7) is 0. The molecule has 0 atom stereocenters. The maximum atomic E-state index is 12.6. The quantitative estimate of drug-likeness (QED) is 0.502. The molecule has 1 fully saturated rings. The molecule has 7 nitrogen and oxygen atoms in total. The van der Waals surface area contributed by atoms with Gasteiger partial charge in [0.2, 0.25) is 0 Å². The highest BCUT2D eigenvalue weighted by atomic mass is 16.5. The Morgan fingerprint density at radius 3 is 2.55 bits per heavy atom. The van der Waals surface area contributed by atoms with Crippen molar-refractivity contribution in [2.45, 2.75) is 18.9 Å². The van der Waals surface area contributed by atoms with Crippen LogP contribution in [-0.2, 0) is 7.05 Å². The highest BCUT2D eigenvalue weighted by molar-refractivity contribution is 6.07. The van der Waals surface area contributed by atoms with E-state index in [4.69, 9.17) is 14.2 Å². The number of pyridine rings is 1. The maximum absolute atomic E-state index is 12.6. The van der Waals surface area contributed by atoms with Gasteiger partial charge in [-0.1, -0.05) is 0 Å². The summed E-state index contributed by atoms with van der Waals surface area (Å²) in [5.41, 5.74) is 2.35. The Balaban J connectivity index is 1.51. The number of hydrogen-bond acceptors (Lipinski definition) is 5. The highest BCUT2D eigenvalue weighted by Gasteiger charge is 2.25. The van der Waals surface area contributed by atoms with Crippen LogP contribution in [0.15, 0.2) is 48.8 Å². The zero-order chi connectivity index (χ0) is 21.5. The van der Waals surface area contributed by atoms with Gasteiger partial charge >= 0.3 is 0 Å². The molecule has 2 heterocycles. The fourth-order valence-electron chi connectivity index (χ4n) is 3.76. The molecule has 1 saturated carbocycles. The van der Waals surface area contributed by atoms with Gasteiger partial charge in [-0.05, 0) is 37.1 Å². The van der Waals surface area contributed by atoms with Crippen molar-refractivity contribution >= 4 is 27.7 Å². The molecule has 0 saturated heterocycles. The Kier molecular flexibility index (Phi) is 4.66. The van der Waals surface area contributed by atoms with Crippen molar-refractivity contribution in [1.82, 2.24) is 14.9 Å². The van der Waals surface area contributed by atoms with Gasteiger partial charge in [-0.3, -0.25) is 9.78 Å². The largest absolute Gasteiger partial charge is 0.493 e. The fourth-order valence-corrected chi connectivity index (χ4v) is 3.76. The van der Waals surface area contributed by atoms with E-state index < -0.39 is 0 Å². The molecule has 1 aliphatic carbocycles. The molecule has 7 heteroatoms. The van der Waals surface area contributed by atoms with Crippen molar-refractivity contribution in [3.05, 3.63) is 54.4 Å². The van der Waals surface area contributed by atoms with Crippen LogP contribution in [-0.4, -0.2) is 35.7 Å². The summed E-state index contributed by atoms with van der Waals surface area (Å²) in [6.07, 6.45) is 5.69. The second-order valence-electron chi connectivity index (χ2n) is 7.72. The van der Waals surface area contributed by atoms with Crippen molar-refractivity contribution in [2.75, 3.05) is 14.2 Å². The first-order chi connectivity index (χ1) is 15.1. The van der Waals surface area contributed by atoms with E-state index in [2.05, 4.69) is 10.3 Å². The number of hydrogen-bond donors (Lipinski definition) is 1.